The Hall–Kier alpha value is -3.08. The number of para-hydroxylation sites is 1. The summed E-state index contributed by atoms with van der Waals surface area (Å²) in [4.78, 5) is 26.8. The summed E-state index contributed by atoms with van der Waals surface area (Å²) in [6.07, 6.45) is 0.231. The van der Waals surface area contributed by atoms with Gasteiger partial charge in [0.25, 0.3) is 0 Å². The molecule has 2 aliphatic heterocycles. The van der Waals surface area contributed by atoms with Crippen LogP contribution >= 0.6 is 0 Å². The molecule has 2 aliphatic rings. The fraction of sp³-hybridized carbons (Fsp3) is 0.200. The van der Waals surface area contributed by atoms with Crippen molar-refractivity contribution in [3.8, 4) is 5.75 Å². The number of carbonyl (C=O) groups is 2. The normalized spacial score (nSPS) is 19.7. The number of hydrogen-bond donors (Lipinski definition) is 0. The highest BCUT2D eigenvalue weighted by Crippen LogP contribution is 2.41. The van der Waals surface area contributed by atoms with E-state index in [2.05, 4.69) is 0 Å². The van der Waals surface area contributed by atoms with Crippen molar-refractivity contribution in [3.63, 3.8) is 0 Å². The van der Waals surface area contributed by atoms with Gasteiger partial charge in [0.05, 0.1) is 18.4 Å². The zero-order valence-corrected chi connectivity index (χ0v) is 13.8. The van der Waals surface area contributed by atoms with Crippen molar-refractivity contribution in [1.29, 1.82) is 0 Å². The molecule has 0 saturated carbocycles. The van der Waals surface area contributed by atoms with Gasteiger partial charge in [-0.1, -0.05) is 30.3 Å². The Balaban J connectivity index is 1.79. The molecule has 0 saturated heterocycles. The topological polar surface area (TPSA) is 55.8 Å². The first-order valence-electron chi connectivity index (χ1n) is 8.11. The number of ether oxygens (including phenoxy) is 2. The van der Waals surface area contributed by atoms with Crippen LogP contribution in [0.5, 0.6) is 5.75 Å². The van der Waals surface area contributed by atoms with Gasteiger partial charge in [0, 0.05) is 18.0 Å². The zero-order chi connectivity index (χ0) is 17.4. The van der Waals surface area contributed by atoms with Crippen LogP contribution in [0.15, 0.2) is 65.9 Å². The molecule has 1 atom stereocenters. The van der Waals surface area contributed by atoms with Crippen LogP contribution < -0.4 is 9.64 Å². The molecule has 0 radical (unpaired) electrons. The molecule has 0 bridgehead atoms. The number of rotatable bonds is 3. The van der Waals surface area contributed by atoms with Crippen LogP contribution in [0.4, 0.5) is 5.69 Å². The Morgan fingerprint density at radius 2 is 1.76 bits per heavy atom. The maximum Gasteiger partial charge on any atom is 0.336 e. The molecule has 126 valence electrons. The zero-order valence-electron chi connectivity index (χ0n) is 13.8. The lowest BCUT2D eigenvalue weighted by molar-refractivity contribution is -0.136. The fourth-order valence-corrected chi connectivity index (χ4v) is 3.45. The van der Waals surface area contributed by atoms with E-state index in [1.165, 1.54) is 0 Å². The lowest BCUT2D eigenvalue weighted by atomic mass is 9.84. The molecule has 0 fully saturated rings. The van der Waals surface area contributed by atoms with E-state index < -0.39 is 0 Å². The second-order valence-corrected chi connectivity index (χ2v) is 6.03. The van der Waals surface area contributed by atoms with Crippen LogP contribution in [-0.2, 0) is 14.3 Å². The number of carbonyl (C=O) groups excluding carboxylic acids is 2. The first-order valence-corrected chi connectivity index (χ1v) is 8.11. The number of esters is 1. The van der Waals surface area contributed by atoms with Gasteiger partial charge in [-0.3, -0.25) is 9.69 Å². The van der Waals surface area contributed by atoms with Crippen LogP contribution in [-0.4, -0.2) is 25.6 Å². The molecule has 4 rings (SSSR count). The van der Waals surface area contributed by atoms with Crippen molar-refractivity contribution >= 4 is 17.6 Å². The number of methoxy groups -OCH3 is 1. The second kappa shape index (κ2) is 6.09. The second-order valence-electron chi connectivity index (χ2n) is 6.03. The third-order valence-electron chi connectivity index (χ3n) is 4.65. The Morgan fingerprint density at radius 1 is 1.04 bits per heavy atom. The SMILES string of the molecule is COc1ccc([C@H]2CC(=O)N(c3ccccc3)C3=C2C(=O)OC3)cc1. The highest BCUT2D eigenvalue weighted by molar-refractivity contribution is 6.06. The minimum absolute atomic E-state index is 0.0379. The maximum absolute atomic E-state index is 12.9. The van der Waals surface area contributed by atoms with E-state index in [0.29, 0.717) is 11.3 Å². The molecule has 5 heteroatoms. The summed E-state index contributed by atoms with van der Waals surface area (Å²) in [6.45, 7) is 0.126. The summed E-state index contributed by atoms with van der Waals surface area (Å²) in [5.41, 5.74) is 2.89. The quantitative estimate of drug-likeness (QED) is 0.809. The van der Waals surface area contributed by atoms with Gasteiger partial charge in [-0.2, -0.15) is 0 Å². The van der Waals surface area contributed by atoms with Crippen molar-refractivity contribution in [2.75, 3.05) is 18.6 Å². The lowest BCUT2D eigenvalue weighted by Gasteiger charge is -2.31. The number of nitrogens with zero attached hydrogens (tertiary/aromatic N) is 1. The summed E-state index contributed by atoms with van der Waals surface area (Å²) >= 11 is 0. The molecule has 2 aromatic carbocycles. The van der Waals surface area contributed by atoms with E-state index in [0.717, 1.165) is 17.0 Å². The number of cyclic esters (lactones) is 1. The maximum atomic E-state index is 12.9. The van der Waals surface area contributed by atoms with E-state index in [9.17, 15) is 9.59 Å². The standard InChI is InChI=1S/C20H17NO4/c1-24-15-9-7-13(8-10-15)16-11-18(22)21(14-5-3-2-4-6-14)17-12-25-20(23)19(16)17/h2-10,16H,11-12H2,1H3/t16-/m1/s1. The Bertz CT molecular complexity index is 855. The largest absolute Gasteiger partial charge is 0.497 e. The molecular weight excluding hydrogens is 318 g/mol. The first-order chi connectivity index (χ1) is 12.2. The molecule has 0 aromatic heterocycles. The minimum atomic E-state index is -0.343. The molecule has 5 nitrogen and oxygen atoms in total. The molecule has 2 heterocycles. The van der Waals surface area contributed by atoms with Gasteiger partial charge in [0.2, 0.25) is 5.91 Å². The van der Waals surface area contributed by atoms with Crippen LogP contribution in [0, 0.1) is 0 Å². The molecule has 0 N–H and O–H groups in total. The number of anilines is 1. The van der Waals surface area contributed by atoms with Crippen LogP contribution in [0.1, 0.15) is 17.9 Å². The molecule has 25 heavy (non-hydrogen) atoms. The number of amides is 1. The van der Waals surface area contributed by atoms with Crippen LogP contribution in [0.2, 0.25) is 0 Å². The number of benzene rings is 2. The van der Waals surface area contributed by atoms with Gasteiger partial charge in [0.15, 0.2) is 0 Å². The lowest BCUT2D eigenvalue weighted by Crippen LogP contribution is -2.37. The van der Waals surface area contributed by atoms with Gasteiger partial charge in [-0.05, 0) is 29.8 Å². The third kappa shape index (κ3) is 2.58. The van der Waals surface area contributed by atoms with Crippen molar-refractivity contribution < 1.29 is 19.1 Å². The monoisotopic (exact) mass is 335 g/mol. The molecular formula is C20H17NO4. The molecule has 1 amide bonds. The van der Waals surface area contributed by atoms with E-state index in [-0.39, 0.29) is 30.8 Å². The number of hydrogen-bond acceptors (Lipinski definition) is 4. The smallest absolute Gasteiger partial charge is 0.336 e. The first kappa shape index (κ1) is 15.4. The van der Waals surface area contributed by atoms with Gasteiger partial charge in [-0.15, -0.1) is 0 Å². The molecule has 0 unspecified atom stereocenters. The summed E-state index contributed by atoms with van der Waals surface area (Å²) in [6, 6.07) is 16.8. The summed E-state index contributed by atoms with van der Waals surface area (Å²) in [7, 11) is 1.60. The minimum Gasteiger partial charge on any atom is -0.497 e. The summed E-state index contributed by atoms with van der Waals surface area (Å²) < 4.78 is 10.4. The predicted molar refractivity (Wildman–Crippen MR) is 92.3 cm³/mol. The van der Waals surface area contributed by atoms with E-state index in [1.807, 2.05) is 54.6 Å². The van der Waals surface area contributed by atoms with E-state index >= 15 is 0 Å². The van der Waals surface area contributed by atoms with Crippen LogP contribution in [0.25, 0.3) is 0 Å². The van der Waals surface area contributed by atoms with E-state index in [4.69, 9.17) is 9.47 Å². The average molecular weight is 335 g/mol. The van der Waals surface area contributed by atoms with Gasteiger partial charge >= 0.3 is 5.97 Å². The van der Waals surface area contributed by atoms with Gasteiger partial charge in [0.1, 0.15) is 12.4 Å². The van der Waals surface area contributed by atoms with E-state index in [1.54, 1.807) is 12.0 Å². The van der Waals surface area contributed by atoms with Crippen LogP contribution in [0.3, 0.4) is 0 Å². The average Bonchev–Trinajstić information content (AvgIpc) is 3.03. The Labute approximate surface area is 145 Å². The van der Waals surface area contributed by atoms with Crippen molar-refractivity contribution in [2.45, 2.75) is 12.3 Å². The Morgan fingerprint density at radius 3 is 2.44 bits per heavy atom. The van der Waals surface area contributed by atoms with Gasteiger partial charge < -0.3 is 9.47 Å². The van der Waals surface area contributed by atoms with Crippen molar-refractivity contribution in [2.24, 2.45) is 0 Å². The van der Waals surface area contributed by atoms with Crippen molar-refractivity contribution in [1.82, 2.24) is 0 Å². The Kier molecular flexibility index (Phi) is 3.76. The van der Waals surface area contributed by atoms with Crippen molar-refractivity contribution in [3.05, 3.63) is 71.4 Å². The predicted octanol–water partition coefficient (Wildman–Crippen LogP) is 3.03. The highest BCUT2D eigenvalue weighted by Gasteiger charge is 2.42. The fourth-order valence-electron chi connectivity index (χ4n) is 3.45. The molecule has 0 aliphatic carbocycles. The summed E-state index contributed by atoms with van der Waals surface area (Å²) in [5, 5.41) is 0. The summed E-state index contributed by atoms with van der Waals surface area (Å²) in [5.74, 6) is 0.0664. The third-order valence-corrected chi connectivity index (χ3v) is 4.65. The highest BCUT2D eigenvalue weighted by atomic mass is 16.5. The van der Waals surface area contributed by atoms with Gasteiger partial charge in [-0.25, -0.2) is 4.79 Å². The molecule has 0 spiro atoms. The molecule has 2 aromatic rings.